The van der Waals surface area contributed by atoms with Crippen LogP contribution in [-0.2, 0) is 0 Å². The van der Waals surface area contributed by atoms with Crippen molar-refractivity contribution in [1.82, 2.24) is 5.48 Å². The summed E-state index contributed by atoms with van der Waals surface area (Å²) >= 11 is 0. The maximum absolute atomic E-state index is 11.2. The molecule has 4 nitrogen and oxygen atoms in total. The highest BCUT2D eigenvalue weighted by Crippen LogP contribution is 2.18. The average Bonchev–Trinajstić information content (AvgIpc) is 2.18. The molecule has 0 aromatic heterocycles. The lowest BCUT2D eigenvalue weighted by Crippen LogP contribution is -2.14. The lowest BCUT2D eigenvalue weighted by atomic mass is 10.1. The second kappa shape index (κ2) is 4.53. The standard InChI is InChI=1S/C10H12N2O2/c1-7(13)9-5-3-4-6-10(9)11-8(2)12-14/h3-6,14H,1-2H3,(H,11,12). The SMILES string of the molecule is CC(=O)c1ccccc1N=C(C)NO. The van der Waals surface area contributed by atoms with Crippen LogP contribution in [-0.4, -0.2) is 16.8 Å². The van der Waals surface area contributed by atoms with Gasteiger partial charge in [0.2, 0.25) is 0 Å². The molecule has 0 saturated carbocycles. The van der Waals surface area contributed by atoms with E-state index in [1.165, 1.54) is 6.92 Å². The molecule has 0 atom stereocenters. The number of rotatable bonds is 2. The molecule has 0 spiro atoms. The topological polar surface area (TPSA) is 61.7 Å². The van der Waals surface area contributed by atoms with Crippen molar-refractivity contribution >= 4 is 17.3 Å². The minimum Gasteiger partial charge on any atom is -0.294 e. The molecule has 1 rings (SSSR count). The van der Waals surface area contributed by atoms with E-state index in [1.54, 1.807) is 31.2 Å². The van der Waals surface area contributed by atoms with Crippen molar-refractivity contribution in [3.63, 3.8) is 0 Å². The van der Waals surface area contributed by atoms with Gasteiger partial charge in [0.15, 0.2) is 5.78 Å². The molecule has 0 amide bonds. The Morgan fingerprint density at radius 1 is 1.36 bits per heavy atom. The van der Waals surface area contributed by atoms with Crippen LogP contribution in [0, 0.1) is 0 Å². The molecular weight excluding hydrogens is 180 g/mol. The minimum atomic E-state index is -0.0462. The van der Waals surface area contributed by atoms with Gasteiger partial charge in [0.25, 0.3) is 0 Å². The Morgan fingerprint density at radius 2 is 2.00 bits per heavy atom. The van der Waals surface area contributed by atoms with E-state index in [0.717, 1.165) is 0 Å². The van der Waals surface area contributed by atoms with Crippen molar-refractivity contribution in [3.05, 3.63) is 29.8 Å². The second-order valence-corrected chi connectivity index (χ2v) is 2.88. The summed E-state index contributed by atoms with van der Waals surface area (Å²) in [6.45, 7) is 3.09. The van der Waals surface area contributed by atoms with E-state index >= 15 is 0 Å². The number of benzene rings is 1. The van der Waals surface area contributed by atoms with Crippen molar-refractivity contribution in [1.29, 1.82) is 0 Å². The van der Waals surface area contributed by atoms with E-state index in [0.29, 0.717) is 17.1 Å². The monoisotopic (exact) mass is 192 g/mol. The fourth-order valence-electron chi connectivity index (χ4n) is 1.07. The number of hydrogen-bond donors (Lipinski definition) is 2. The first-order valence-electron chi connectivity index (χ1n) is 4.20. The Labute approximate surface area is 82.2 Å². The van der Waals surface area contributed by atoms with Crippen LogP contribution in [0.1, 0.15) is 24.2 Å². The Kier molecular flexibility index (Phi) is 3.36. The number of Topliss-reactive ketones (excluding diaryl/α,β-unsaturated/α-hetero) is 1. The predicted octanol–water partition coefficient (Wildman–Crippen LogP) is 1.92. The van der Waals surface area contributed by atoms with E-state index < -0.39 is 0 Å². The van der Waals surface area contributed by atoms with Crippen LogP contribution in [0.25, 0.3) is 0 Å². The summed E-state index contributed by atoms with van der Waals surface area (Å²) in [5.74, 6) is 0.300. The number of nitrogens with one attached hydrogen (secondary N) is 1. The first-order valence-corrected chi connectivity index (χ1v) is 4.20. The summed E-state index contributed by atoms with van der Waals surface area (Å²) in [5.41, 5.74) is 3.02. The van der Waals surface area contributed by atoms with Crippen LogP contribution in [0.4, 0.5) is 5.69 Å². The van der Waals surface area contributed by atoms with Gasteiger partial charge in [0, 0.05) is 5.56 Å². The number of amidine groups is 1. The van der Waals surface area contributed by atoms with Gasteiger partial charge in [-0.2, -0.15) is 0 Å². The normalized spacial score (nSPS) is 11.2. The van der Waals surface area contributed by atoms with Crippen molar-refractivity contribution < 1.29 is 10.0 Å². The van der Waals surface area contributed by atoms with E-state index in [4.69, 9.17) is 5.21 Å². The number of para-hydroxylation sites is 1. The van der Waals surface area contributed by atoms with Gasteiger partial charge in [0.05, 0.1) is 5.69 Å². The number of nitrogens with zero attached hydrogens (tertiary/aromatic N) is 1. The zero-order valence-corrected chi connectivity index (χ0v) is 8.11. The minimum absolute atomic E-state index is 0.0462. The smallest absolute Gasteiger partial charge is 0.161 e. The third-order valence-corrected chi connectivity index (χ3v) is 1.73. The van der Waals surface area contributed by atoms with Gasteiger partial charge in [-0.05, 0) is 26.0 Å². The van der Waals surface area contributed by atoms with Crippen molar-refractivity contribution in [2.75, 3.05) is 0 Å². The average molecular weight is 192 g/mol. The maximum atomic E-state index is 11.2. The molecule has 0 aliphatic rings. The van der Waals surface area contributed by atoms with Crippen molar-refractivity contribution in [3.8, 4) is 0 Å². The van der Waals surface area contributed by atoms with Crippen molar-refractivity contribution in [2.45, 2.75) is 13.8 Å². The molecular formula is C10H12N2O2. The lowest BCUT2D eigenvalue weighted by molar-refractivity contribution is 0.101. The van der Waals surface area contributed by atoms with E-state index in [1.807, 2.05) is 5.48 Å². The molecule has 0 heterocycles. The Balaban J connectivity index is 3.14. The molecule has 0 unspecified atom stereocenters. The highest BCUT2D eigenvalue weighted by atomic mass is 16.5. The molecule has 0 saturated heterocycles. The summed E-state index contributed by atoms with van der Waals surface area (Å²) in [7, 11) is 0. The fraction of sp³-hybridized carbons (Fsp3) is 0.200. The van der Waals surface area contributed by atoms with E-state index in [2.05, 4.69) is 4.99 Å². The number of carbonyl (C=O) groups excluding carboxylic acids is 1. The number of hydrogen-bond acceptors (Lipinski definition) is 3. The van der Waals surface area contributed by atoms with Crippen LogP contribution in [0.2, 0.25) is 0 Å². The van der Waals surface area contributed by atoms with E-state index in [-0.39, 0.29) is 5.78 Å². The summed E-state index contributed by atoms with van der Waals surface area (Å²) < 4.78 is 0. The number of aliphatic imine (C=N–C) groups is 1. The van der Waals surface area contributed by atoms with Gasteiger partial charge < -0.3 is 0 Å². The zero-order chi connectivity index (χ0) is 10.6. The Morgan fingerprint density at radius 3 is 2.57 bits per heavy atom. The summed E-state index contributed by atoms with van der Waals surface area (Å²) in [6, 6.07) is 6.98. The zero-order valence-electron chi connectivity index (χ0n) is 8.11. The third kappa shape index (κ3) is 2.40. The second-order valence-electron chi connectivity index (χ2n) is 2.88. The highest BCUT2D eigenvalue weighted by Gasteiger charge is 2.04. The molecule has 0 fully saturated rings. The summed E-state index contributed by atoms with van der Waals surface area (Å²) in [4.78, 5) is 15.2. The molecule has 4 heteroatoms. The van der Waals surface area contributed by atoms with Gasteiger partial charge in [-0.1, -0.05) is 12.1 Å². The highest BCUT2D eigenvalue weighted by molar-refractivity contribution is 5.99. The number of hydroxylamine groups is 1. The molecule has 0 radical (unpaired) electrons. The van der Waals surface area contributed by atoms with Crippen molar-refractivity contribution in [2.24, 2.45) is 4.99 Å². The lowest BCUT2D eigenvalue weighted by Gasteiger charge is -2.02. The van der Waals surface area contributed by atoms with Gasteiger partial charge in [-0.25, -0.2) is 4.99 Å². The Bertz CT molecular complexity index is 372. The van der Waals surface area contributed by atoms with Crippen LogP contribution >= 0.6 is 0 Å². The molecule has 0 bridgehead atoms. The quantitative estimate of drug-likeness (QED) is 0.325. The largest absolute Gasteiger partial charge is 0.294 e. The number of ketones is 1. The predicted molar refractivity (Wildman–Crippen MR) is 54.1 cm³/mol. The van der Waals surface area contributed by atoms with Crippen LogP contribution in [0.15, 0.2) is 29.3 Å². The van der Waals surface area contributed by atoms with Crippen LogP contribution < -0.4 is 5.48 Å². The van der Waals surface area contributed by atoms with E-state index in [9.17, 15) is 4.79 Å². The molecule has 14 heavy (non-hydrogen) atoms. The van der Waals surface area contributed by atoms with Crippen LogP contribution in [0.3, 0.4) is 0 Å². The number of carbonyl (C=O) groups is 1. The summed E-state index contributed by atoms with van der Waals surface area (Å²) in [6.07, 6.45) is 0. The first kappa shape index (κ1) is 10.4. The molecule has 2 N–H and O–H groups in total. The maximum Gasteiger partial charge on any atom is 0.161 e. The van der Waals surface area contributed by atoms with Gasteiger partial charge in [-0.3, -0.25) is 15.5 Å². The fourth-order valence-corrected chi connectivity index (χ4v) is 1.07. The Hall–Kier alpha value is -1.68. The molecule has 0 aliphatic carbocycles. The van der Waals surface area contributed by atoms with Gasteiger partial charge in [-0.15, -0.1) is 0 Å². The molecule has 0 aliphatic heterocycles. The molecule has 1 aromatic rings. The third-order valence-electron chi connectivity index (χ3n) is 1.73. The molecule has 1 aromatic carbocycles. The van der Waals surface area contributed by atoms with Gasteiger partial charge in [0.1, 0.15) is 5.84 Å². The first-order chi connectivity index (χ1) is 6.65. The van der Waals surface area contributed by atoms with Crippen LogP contribution in [0.5, 0.6) is 0 Å². The summed E-state index contributed by atoms with van der Waals surface area (Å²) in [5, 5.41) is 8.56. The van der Waals surface area contributed by atoms with Gasteiger partial charge >= 0.3 is 0 Å². The molecule has 74 valence electrons.